The predicted octanol–water partition coefficient (Wildman–Crippen LogP) is 7.16. The van der Waals surface area contributed by atoms with E-state index in [0.717, 1.165) is 34.1 Å². The molecular formula is C28H27ClN4O3S. The van der Waals surface area contributed by atoms with Gasteiger partial charge in [-0.1, -0.05) is 30.7 Å². The molecule has 37 heavy (non-hydrogen) atoms. The van der Waals surface area contributed by atoms with Gasteiger partial charge in [0.25, 0.3) is 5.91 Å². The van der Waals surface area contributed by atoms with Crippen molar-refractivity contribution in [1.82, 2.24) is 10.4 Å². The van der Waals surface area contributed by atoms with Crippen molar-refractivity contribution in [1.29, 1.82) is 0 Å². The van der Waals surface area contributed by atoms with E-state index >= 15 is 0 Å². The highest BCUT2D eigenvalue weighted by atomic mass is 35.5. The molecule has 0 aliphatic rings. The number of hydrazone groups is 1. The Balaban J connectivity index is 1.35. The van der Waals surface area contributed by atoms with Gasteiger partial charge in [-0.25, -0.2) is 10.4 Å². The summed E-state index contributed by atoms with van der Waals surface area (Å²) < 4.78 is 11.4. The van der Waals surface area contributed by atoms with Crippen molar-refractivity contribution >= 4 is 45.9 Å². The smallest absolute Gasteiger partial charge is 0.271 e. The Hall–Kier alpha value is -3.88. The van der Waals surface area contributed by atoms with Gasteiger partial charge in [0.2, 0.25) is 0 Å². The summed E-state index contributed by atoms with van der Waals surface area (Å²) in [5, 5.41) is 10.8. The SMILES string of the molecule is CCCOc1ccc(/C=N\NC(=O)c2ccc(-c3csc(Nc4ccc(Cl)cc4)n3)cc2)cc1OCC. The molecule has 1 heterocycles. The fourth-order valence-electron chi connectivity index (χ4n) is 3.35. The van der Waals surface area contributed by atoms with Gasteiger partial charge in [0, 0.05) is 27.2 Å². The molecular weight excluding hydrogens is 508 g/mol. The number of carbonyl (C=O) groups is 1. The Morgan fingerprint density at radius 2 is 1.81 bits per heavy atom. The summed E-state index contributed by atoms with van der Waals surface area (Å²) in [6, 6.07) is 20.2. The van der Waals surface area contributed by atoms with Crippen LogP contribution in [0.15, 0.2) is 77.2 Å². The monoisotopic (exact) mass is 534 g/mol. The molecule has 0 unspecified atom stereocenters. The number of carbonyl (C=O) groups excluding carboxylic acids is 1. The van der Waals surface area contributed by atoms with Gasteiger partial charge in [-0.15, -0.1) is 11.3 Å². The molecule has 3 aromatic carbocycles. The van der Waals surface area contributed by atoms with Crippen LogP contribution in [0.5, 0.6) is 11.5 Å². The molecule has 0 aliphatic carbocycles. The summed E-state index contributed by atoms with van der Waals surface area (Å²) in [6.07, 6.45) is 2.48. The van der Waals surface area contributed by atoms with E-state index in [0.29, 0.717) is 35.3 Å². The van der Waals surface area contributed by atoms with Gasteiger partial charge in [0.1, 0.15) is 0 Å². The molecule has 0 atom stereocenters. The number of benzene rings is 3. The van der Waals surface area contributed by atoms with Crippen molar-refractivity contribution in [2.45, 2.75) is 20.3 Å². The minimum atomic E-state index is -0.306. The van der Waals surface area contributed by atoms with Crippen LogP contribution in [-0.2, 0) is 0 Å². The highest BCUT2D eigenvalue weighted by molar-refractivity contribution is 7.14. The number of thiazole rings is 1. The van der Waals surface area contributed by atoms with E-state index in [1.54, 1.807) is 18.3 Å². The Bertz CT molecular complexity index is 1350. The van der Waals surface area contributed by atoms with Gasteiger partial charge < -0.3 is 14.8 Å². The van der Waals surface area contributed by atoms with Crippen molar-refractivity contribution < 1.29 is 14.3 Å². The number of nitrogens with one attached hydrogen (secondary N) is 2. The zero-order chi connectivity index (χ0) is 26.0. The zero-order valence-corrected chi connectivity index (χ0v) is 22.1. The number of hydrogen-bond donors (Lipinski definition) is 2. The first-order valence-corrected chi connectivity index (χ1v) is 13.1. The molecule has 0 bridgehead atoms. The van der Waals surface area contributed by atoms with E-state index in [1.807, 2.05) is 73.8 Å². The number of ether oxygens (including phenoxy) is 2. The minimum Gasteiger partial charge on any atom is -0.490 e. The van der Waals surface area contributed by atoms with Gasteiger partial charge in [0.05, 0.1) is 25.1 Å². The molecule has 0 saturated carbocycles. The van der Waals surface area contributed by atoms with E-state index in [-0.39, 0.29) is 5.91 Å². The Kier molecular flexibility index (Phi) is 9.13. The lowest BCUT2D eigenvalue weighted by atomic mass is 10.1. The van der Waals surface area contributed by atoms with Crippen molar-refractivity contribution in [2.75, 3.05) is 18.5 Å². The molecule has 0 radical (unpaired) electrons. The number of rotatable bonds is 11. The lowest BCUT2D eigenvalue weighted by Crippen LogP contribution is -2.17. The Morgan fingerprint density at radius 3 is 2.54 bits per heavy atom. The average Bonchev–Trinajstić information content (AvgIpc) is 3.38. The van der Waals surface area contributed by atoms with Crippen LogP contribution in [0.1, 0.15) is 36.2 Å². The number of aromatic nitrogens is 1. The third kappa shape index (κ3) is 7.31. The number of halogens is 1. The summed E-state index contributed by atoms with van der Waals surface area (Å²) in [7, 11) is 0. The zero-order valence-electron chi connectivity index (χ0n) is 20.5. The maximum atomic E-state index is 12.6. The maximum absolute atomic E-state index is 12.6. The van der Waals surface area contributed by atoms with E-state index in [9.17, 15) is 4.79 Å². The second-order valence-electron chi connectivity index (χ2n) is 7.93. The molecule has 4 aromatic rings. The normalized spacial score (nSPS) is 10.9. The first kappa shape index (κ1) is 26.2. The summed E-state index contributed by atoms with van der Waals surface area (Å²) in [6.45, 7) is 5.11. The quantitative estimate of drug-likeness (QED) is 0.157. The largest absolute Gasteiger partial charge is 0.490 e. The van der Waals surface area contributed by atoms with Crippen LogP contribution in [0.25, 0.3) is 11.3 Å². The van der Waals surface area contributed by atoms with Crippen molar-refractivity contribution in [2.24, 2.45) is 5.10 Å². The van der Waals surface area contributed by atoms with Crippen LogP contribution in [0, 0.1) is 0 Å². The van der Waals surface area contributed by atoms with Gasteiger partial charge in [0.15, 0.2) is 16.6 Å². The molecule has 2 N–H and O–H groups in total. The molecule has 190 valence electrons. The molecule has 4 rings (SSSR count). The molecule has 0 saturated heterocycles. The fraction of sp³-hybridized carbons (Fsp3) is 0.179. The first-order chi connectivity index (χ1) is 18.1. The van der Waals surface area contributed by atoms with Crippen molar-refractivity contribution in [3.05, 3.63) is 88.3 Å². The van der Waals surface area contributed by atoms with E-state index < -0.39 is 0 Å². The first-order valence-electron chi connectivity index (χ1n) is 11.9. The van der Waals surface area contributed by atoms with E-state index in [1.165, 1.54) is 11.3 Å². The third-order valence-electron chi connectivity index (χ3n) is 5.15. The van der Waals surface area contributed by atoms with E-state index in [4.69, 9.17) is 21.1 Å². The number of anilines is 2. The Labute approximate surface area is 225 Å². The predicted molar refractivity (Wildman–Crippen MR) is 151 cm³/mol. The van der Waals surface area contributed by atoms with Gasteiger partial charge >= 0.3 is 0 Å². The van der Waals surface area contributed by atoms with Crippen LogP contribution in [0.4, 0.5) is 10.8 Å². The Morgan fingerprint density at radius 1 is 1.03 bits per heavy atom. The van der Waals surface area contributed by atoms with Crippen LogP contribution in [-0.4, -0.2) is 30.3 Å². The minimum absolute atomic E-state index is 0.306. The molecule has 9 heteroatoms. The third-order valence-corrected chi connectivity index (χ3v) is 6.16. The number of nitrogens with zero attached hydrogens (tertiary/aromatic N) is 2. The topological polar surface area (TPSA) is 84.8 Å². The van der Waals surface area contributed by atoms with E-state index in [2.05, 4.69) is 20.8 Å². The summed E-state index contributed by atoms with van der Waals surface area (Å²) in [5.74, 6) is 1.03. The molecule has 7 nitrogen and oxygen atoms in total. The van der Waals surface area contributed by atoms with Gasteiger partial charge in [-0.05, 0) is 73.5 Å². The summed E-state index contributed by atoms with van der Waals surface area (Å²) in [5.41, 5.74) is 6.49. The van der Waals surface area contributed by atoms with Gasteiger partial charge in [-0.3, -0.25) is 4.79 Å². The lowest BCUT2D eigenvalue weighted by molar-refractivity contribution is 0.0955. The standard InChI is InChI=1S/C28H27ClN4O3S/c1-3-15-36-25-14-5-19(16-26(25)35-4-2)17-30-33-27(34)21-8-6-20(7-9-21)24-18-37-28(32-24)31-23-12-10-22(29)11-13-23/h5-14,16-18H,3-4,15H2,1-2H3,(H,31,32)(H,33,34)/b30-17-. The second-order valence-corrected chi connectivity index (χ2v) is 9.23. The molecule has 1 amide bonds. The van der Waals surface area contributed by atoms with Gasteiger partial charge in [-0.2, -0.15) is 5.10 Å². The summed E-state index contributed by atoms with van der Waals surface area (Å²) in [4.78, 5) is 17.2. The average molecular weight is 535 g/mol. The number of amides is 1. The molecule has 1 aromatic heterocycles. The summed E-state index contributed by atoms with van der Waals surface area (Å²) >= 11 is 7.44. The highest BCUT2D eigenvalue weighted by Crippen LogP contribution is 2.29. The van der Waals surface area contributed by atoms with Crippen LogP contribution < -0.4 is 20.2 Å². The molecule has 0 spiro atoms. The second kappa shape index (κ2) is 12.9. The number of hydrogen-bond acceptors (Lipinski definition) is 7. The molecule has 0 aliphatic heterocycles. The van der Waals surface area contributed by atoms with Crippen LogP contribution >= 0.6 is 22.9 Å². The van der Waals surface area contributed by atoms with Crippen LogP contribution in [0.3, 0.4) is 0 Å². The highest BCUT2D eigenvalue weighted by Gasteiger charge is 2.09. The van der Waals surface area contributed by atoms with Crippen molar-refractivity contribution in [3.63, 3.8) is 0 Å². The molecule has 0 fully saturated rings. The lowest BCUT2D eigenvalue weighted by Gasteiger charge is -2.11. The van der Waals surface area contributed by atoms with Crippen molar-refractivity contribution in [3.8, 4) is 22.8 Å². The van der Waals surface area contributed by atoms with Crippen LogP contribution in [0.2, 0.25) is 5.02 Å². The maximum Gasteiger partial charge on any atom is 0.271 e. The fourth-order valence-corrected chi connectivity index (χ4v) is 4.21.